The van der Waals surface area contributed by atoms with E-state index in [0.29, 0.717) is 58.2 Å². The number of carbonyl (C=O) groups excluding carboxylic acids is 3. The lowest BCUT2D eigenvalue weighted by Crippen LogP contribution is -2.52. The van der Waals surface area contributed by atoms with E-state index in [1.807, 2.05) is 47.4 Å². The summed E-state index contributed by atoms with van der Waals surface area (Å²) in [5.41, 5.74) is 3.64. The second-order valence-corrected chi connectivity index (χ2v) is 16.3. The van der Waals surface area contributed by atoms with Gasteiger partial charge < -0.3 is 39.9 Å². The van der Waals surface area contributed by atoms with E-state index >= 15 is 0 Å². The first-order valence-corrected chi connectivity index (χ1v) is 21.2. The fourth-order valence-corrected chi connectivity index (χ4v) is 8.11. The minimum absolute atomic E-state index is 0.0221. The minimum Gasteiger partial charge on any atom is -0.497 e. The Bertz CT molecular complexity index is 1760. The molecule has 1 saturated carbocycles. The van der Waals surface area contributed by atoms with Crippen LogP contribution >= 0.6 is 15.9 Å². The molecule has 1 heterocycles. The number of nitrogens with zero attached hydrogens (tertiary/aromatic N) is 3. The summed E-state index contributed by atoms with van der Waals surface area (Å²) in [4.78, 5) is 53.6. The molecule has 0 atom stereocenters. The fourth-order valence-electron chi connectivity index (χ4n) is 7.70. The van der Waals surface area contributed by atoms with E-state index in [-0.39, 0.29) is 35.7 Å². The molecule has 1 saturated heterocycles. The number of aliphatic carboxylic acids is 1. The van der Waals surface area contributed by atoms with Gasteiger partial charge in [0.15, 0.2) is 0 Å². The maximum absolute atomic E-state index is 12.5. The molecule has 3 N–H and O–H groups in total. The largest absolute Gasteiger partial charge is 0.497 e. The second-order valence-electron chi connectivity index (χ2n) is 15.3. The lowest BCUT2D eigenvalue weighted by Gasteiger charge is -2.45. The average molecular weight is 865 g/mol. The van der Waals surface area contributed by atoms with Crippen molar-refractivity contribution >= 4 is 45.3 Å². The predicted molar refractivity (Wildman–Crippen MR) is 231 cm³/mol. The number of hydrogen-bond donors (Lipinski definition) is 3. The van der Waals surface area contributed by atoms with Crippen LogP contribution in [0.1, 0.15) is 75.3 Å². The summed E-state index contributed by atoms with van der Waals surface area (Å²) < 4.78 is 11.6. The number of halogens is 1. The Kier molecular flexibility index (Phi) is 18.8. The highest BCUT2D eigenvalue weighted by atomic mass is 79.9. The third-order valence-electron chi connectivity index (χ3n) is 11.2. The van der Waals surface area contributed by atoms with Crippen molar-refractivity contribution < 1.29 is 33.8 Å². The molecule has 0 unspecified atom stereocenters. The van der Waals surface area contributed by atoms with Crippen molar-refractivity contribution in [3.63, 3.8) is 0 Å². The molecule has 5 rings (SSSR count). The highest BCUT2D eigenvalue weighted by Gasteiger charge is 2.37. The molecule has 58 heavy (non-hydrogen) atoms. The van der Waals surface area contributed by atoms with Gasteiger partial charge in [-0.25, -0.2) is 0 Å². The summed E-state index contributed by atoms with van der Waals surface area (Å²) >= 11 is 3.47. The number of piperazine rings is 1. The third-order valence-corrected chi connectivity index (χ3v) is 11.7. The Balaban J connectivity index is 0.000000289. The van der Waals surface area contributed by atoms with E-state index in [1.54, 1.807) is 14.2 Å². The lowest BCUT2D eigenvalue weighted by molar-refractivity contribution is -0.137. The Labute approximate surface area is 352 Å². The van der Waals surface area contributed by atoms with Gasteiger partial charge in [0.1, 0.15) is 11.5 Å². The van der Waals surface area contributed by atoms with Crippen LogP contribution in [0.2, 0.25) is 0 Å². The molecular weight excluding hydrogens is 802 g/mol. The first kappa shape index (κ1) is 46.1. The SMILES string of the molecule is COc1ccc(Br)cc1CCNC(=O)CCCC(=O)NC1CCC(Cc2ccccc2)(N(C)C)CC1.COc1cccc(N2CCN(C(=O)CCCC(=O)O)CC2)c1. The predicted octanol–water partition coefficient (Wildman–Crippen LogP) is 6.49. The first-order chi connectivity index (χ1) is 27.9. The molecule has 1 aliphatic carbocycles. The van der Waals surface area contributed by atoms with Crippen LogP contribution in [0.3, 0.4) is 0 Å². The number of rotatable bonds is 18. The summed E-state index contributed by atoms with van der Waals surface area (Å²) in [5.74, 6) is 0.861. The fraction of sp³-hybridized carbons (Fsp3) is 0.511. The van der Waals surface area contributed by atoms with Gasteiger partial charge in [-0.3, -0.25) is 19.2 Å². The summed E-state index contributed by atoms with van der Waals surface area (Å²) in [6.45, 7) is 3.43. The van der Waals surface area contributed by atoms with Gasteiger partial charge in [0.2, 0.25) is 17.7 Å². The topological polar surface area (TPSA) is 141 Å². The van der Waals surface area contributed by atoms with Crippen LogP contribution in [0.15, 0.2) is 77.3 Å². The molecule has 0 radical (unpaired) electrons. The molecule has 0 spiro atoms. The van der Waals surface area contributed by atoms with Crippen LogP contribution in [0.5, 0.6) is 11.5 Å². The van der Waals surface area contributed by atoms with Crippen molar-refractivity contribution in [1.82, 2.24) is 20.4 Å². The molecule has 13 heteroatoms. The zero-order chi connectivity index (χ0) is 41.9. The van der Waals surface area contributed by atoms with Crippen LogP contribution in [0, 0.1) is 0 Å². The van der Waals surface area contributed by atoms with Gasteiger partial charge in [-0.2, -0.15) is 0 Å². The average Bonchev–Trinajstić information content (AvgIpc) is 3.22. The van der Waals surface area contributed by atoms with Gasteiger partial charge in [-0.05, 0) is 107 Å². The van der Waals surface area contributed by atoms with Gasteiger partial charge in [-0.15, -0.1) is 0 Å². The number of anilines is 1. The van der Waals surface area contributed by atoms with Crippen molar-refractivity contribution in [2.75, 3.05) is 65.9 Å². The van der Waals surface area contributed by atoms with Crippen molar-refractivity contribution in [1.29, 1.82) is 0 Å². The van der Waals surface area contributed by atoms with Gasteiger partial charge in [0.25, 0.3) is 0 Å². The highest BCUT2D eigenvalue weighted by molar-refractivity contribution is 9.10. The monoisotopic (exact) mass is 863 g/mol. The van der Waals surface area contributed by atoms with Crippen LogP contribution in [-0.4, -0.2) is 111 Å². The quantitative estimate of drug-likeness (QED) is 0.131. The van der Waals surface area contributed by atoms with Crippen LogP contribution < -0.4 is 25.0 Å². The van der Waals surface area contributed by atoms with E-state index in [2.05, 4.69) is 80.8 Å². The van der Waals surface area contributed by atoms with Gasteiger partial charge in [0, 0.05) is 86.2 Å². The number of likely N-dealkylation sites (N-methyl/N-ethyl adjacent to an activating group) is 1. The molecule has 1 aliphatic heterocycles. The molecule has 12 nitrogen and oxygen atoms in total. The molecule has 2 aliphatic rings. The molecule has 2 fully saturated rings. The molecular formula is C45H62BrN5O7. The molecule has 0 aromatic heterocycles. The van der Waals surface area contributed by atoms with Crippen molar-refractivity contribution in [2.24, 2.45) is 0 Å². The first-order valence-electron chi connectivity index (χ1n) is 20.4. The highest BCUT2D eigenvalue weighted by Crippen LogP contribution is 2.35. The summed E-state index contributed by atoms with van der Waals surface area (Å²) in [5, 5.41) is 14.8. The zero-order valence-corrected chi connectivity index (χ0v) is 36.2. The Morgan fingerprint density at radius 1 is 0.828 bits per heavy atom. The van der Waals surface area contributed by atoms with Gasteiger partial charge in [0.05, 0.1) is 14.2 Å². The van der Waals surface area contributed by atoms with Crippen molar-refractivity contribution in [3.8, 4) is 11.5 Å². The van der Waals surface area contributed by atoms with Crippen molar-refractivity contribution in [2.45, 2.75) is 88.6 Å². The van der Waals surface area contributed by atoms with E-state index in [9.17, 15) is 19.2 Å². The standard InChI is InChI=1S/C29H40BrN3O3.C16H22N2O4/c1-33(2)29(21-22-8-5-4-6-9-22)17-14-25(15-18-29)32-28(35)11-7-10-27(34)31-19-16-23-20-24(30)12-13-26(23)36-3;1-22-14-5-2-4-13(12-14)17-8-10-18(11-9-17)15(19)6-3-7-16(20)21/h4-6,8-9,12-13,20,25H,7,10-11,14-19,21H2,1-3H3,(H,31,34)(H,32,35);2,4-5,12H,3,6-11H2,1H3,(H,20,21). The second kappa shape index (κ2) is 23.7. The number of nitrogens with one attached hydrogen (secondary N) is 2. The Morgan fingerprint density at radius 2 is 1.52 bits per heavy atom. The van der Waals surface area contributed by atoms with Gasteiger partial charge in [-0.1, -0.05) is 52.3 Å². The number of benzene rings is 3. The number of methoxy groups -OCH3 is 2. The van der Waals surface area contributed by atoms with E-state index in [0.717, 1.165) is 72.4 Å². The smallest absolute Gasteiger partial charge is 0.303 e. The van der Waals surface area contributed by atoms with Crippen LogP contribution in [-0.2, 0) is 32.0 Å². The zero-order valence-electron chi connectivity index (χ0n) is 34.6. The molecule has 3 aromatic carbocycles. The summed E-state index contributed by atoms with van der Waals surface area (Å²) in [6, 6.07) is 24.6. The molecule has 316 valence electrons. The van der Waals surface area contributed by atoms with E-state index < -0.39 is 5.97 Å². The molecule has 0 bridgehead atoms. The summed E-state index contributed by atoms with van der Waals surface area (Å²) in [7, 11) is 7.63. The number of amides is 3. The Hall–Kier alpha value is -4.62. The Morgan fingerprint density at radius 3 is 2.17 bits per heavy atom. The van der Waals surface area contributed by atoms with Crippen LogP contribution in [0.4, 0.5) is 5.69 Å². The van der Waals surface area contributed by atoms with E-state index in [4.69, 9.17) is 14.6 Å². The molecule has 3 aromatic rings. The summed E-state index contributed by atoms with van der Waals surface area (Å²) in [6.07, 6.45) is 7.87. The van der Waals surface area contributed by atoms with Crippen LogP contribution in [0.25, 0.3) is 0 Å². The number of carboxylic acid groups (broad SMARTS) is 1. The number of carboxylic acids is 1. The van der Waals surface area contributed by atoms with Crippen molar-refractivity contribution in [3.05, 3.63) is 88.4 Å². The number of carbonyl (C=O) groups is 4. The normalized spacial score (nSPS) is 17.8. The maximum atomic E-state index is 12.5. The maximum Gasteiger partial charge on any atom is 0.303 e. The minimum atomic E-state index is -0.851. The van der Waals surface area contributed by atoms with E-state index in [1.165, 1.54) is 5.56 Å². The van der Waals surface area contributed by atoms with Gasteiger partial charge >= 0.3 is 5.97 Å². The number of ether oxygens (including phenoxy) is 2. The lowest BCUT2D eigenvalue weighted by atomic mass is 9.75. The third kappa shape index (κ3) is 15.0. The number of hydrogen-bond acceptors (Lipinski definition) is 8. The molecule has 3 amide bonds.